The first-order valence-corrected chi connectivity index (χ1v) is 41.3. The molecule has 0 heterocycles. The number of ether oxygens (including phenoxy) is 1. The van der Waals surface area contributed by atoms with Crippen molar-refractivity contribution in [2.45, 2.75) is 475 Å². The molecule has 3 N–H and O–H groups in total. The van der Waals surface area contributed by atoms with Gasteiger partial charge in [-0.05, 0) is 64.2 Å². The number of esters is 1. The van der Waals surface area contributed by atoms with Crippen LogP contribution in [0.2, 0.25) is 0 Å². The van der Waals surface area contributed by atoms with Crippen molar-refractivity contribution >= 4 is 11.9 Å². The van der Waals surface area contributed by atoms with Crippen LogP contribution in [0, 0.1) is 0 Å². The van der Waals surface area contributed by atoms with Gasteiger partial charge in [-0.15, -0.1) is 0 Å². The molecular formula is C84H161NO5. The van der Waals surface area contributed by atoms with Gasteiger partial charge in [0.25, 0.3) is 0 Å². The Balaban J connectivity index is 3.37. The highest BCUT2D eigenvalue weighted by atomic mass is 16.5. The van der Waals surface area contributed by atoms with Gasteiger partial charge in [-0.2, -0.15) is 0 Å². The third-order valence-electron chi connectivity index (χ3n) is 19.4. The predicted octanol–water partition coefficient (Wildman–Crippen LogP) is 27.4. The van der Waals surface area contributed by atoms with E-state index >= 15 is 0 Å². The number of allylic oxidation sites excluding steroid dienone is 5. The van der Waals surface area contributed by atoms with Crippen LogP contribution in [-0.2, 0) is 14.3 Å². The number of carbonyl (C=O) groups excluding carboxylic acids is 2. The van der Waals surface area contributed by atoms with Gasteiger partial charge >= 0.3 is 5.97 Å². The molecule has 0 aliphatic rings. The Labute approximate surface area is 564 Å². The first-order valence-electron chi connectivity index (χ1n) is 41.3. The summed E-state index contributed by atoms with van der Waals surface area (Å²) in [6.45, 7) is 4.96. The third-order valence-corrected chi connectivity index (χ3v) is 19.4. The van der Waals surface area contributed by atoms with Crippen molar-refractivity contribution in [3.8, 4) is 0 Å². The maximum atomic E-state index is 12.5. The minimum Gasteiger partial charge on any atom is -0.466 e. The van der Waals surface area contributed by atoms with E-state index in [1.807, 2.05) is 6.08 Å². The standard InChI is InChI=1S/C84H161NO5/c1-3-5-7-9-11-13-15-17-19-21-41-45-48-52-56-60-64-68-72-76-82(87)81(80-86)85-83(88)77-73-69-65-61-57-53-49-46-42-39-37-35-33-31-29-27-25-23-22-24-26-28-30-32-34-36-38-40-43-47-51-55-59-63-67-71-75-79-90-84(89)78-74-70-66-62-58-54-50-44-20-18-16-14-12-10-8-6-4-2/h22,24,28,30,72,76,81-82,86-87H,3-21,23,25-27,29,31-71,73-75,77-80H2,1-2H3,(H,85,88)/b24-22-,30-28-,76-72+. The average molecular weight is 1270 g/mol. The summed E-state index contributed by atoms with van der Waals surface area (Å²) in [5.41, 5.74) is 0. The normalized spacial score (nSPS) is 12.6. The van der Waals surface area contributed by atoms with Crippen molar-refractivity contribution in [3.63, 3.8) is 0 Å². The molecule has 1 amide bonds. The van der Waals surface area contributed by atoms with E-state index in [2.05, 4.69) is 43.5 Å². The largest absolute Gasteiger partial charge is 0.466 e. The molecule has 0 aromatic carbocycles. The van der Waals surface area contributed by atoms with E-state index in [9.17, 15) is 19.8 Å². The lowest BCUT2D eigenvalue weighted by Crippen LogP contribution is -2.45. The number of nitrogens with one attached hydrogen (secondary N) is 1. The van der Waals surface area contributed by atoms with E-state index in [1.54, 1.807) is 6.08 Å². The second-order valence-electron chi connectivity index (χ2n) is 28.5. The Bertz CT molecular complexity index is 1460. The van der Waals surface area contributed by atoms with E-state index in [0.29, 0.717) is 19.4 Å². The molecule has 0 aromatic heterocycles. The summed E-state index contributed by atoms with van der Waals surface area (Å²) in [6.07, 6.45) is 104. The molecule has 0 rings (SSSR count). The Morgan fingerprint density at radius 3 is 0.844 bits per heavy atom. The molecule has 532 valence electrons. The van der Waals surface area contributed by atoms with Gasteiger partial charge in [0.05, 0.1) is 25.4 Å². The van der Waals surface area contributed by atoms with Crippen LogP contribution in [0.3, 0.4) is 0 Å². The molecule has 0 radical (unpaired) electrons. The Morgan fingerprint density at radius 1 is 0.311 bits per heavy atom. The lowest BCUT2D eigenvalue weighted by atomic mass is 10.0. The number of aliphatic hydroxyl groups excluding tert-OH is 2. The van der Waals surface area contributed by atoms with E-state index in [1.165, 1.54) is 392 Å². The SMILES string of the molecule is CCCCCCCCCCCCCCCCCCC/C=C/C(O)C(CO)NC(=O)CCCCCCCCCCCCCCCCCCC/C=C\C/C=C\CCCCCCCCCCCCCCCOC(=O)CCCCCCCCCCCCCCCCCCC. The van der Waals surface area contributed by atoms with Crippen LogP contribution in [0.5, 0.6) is 0 Å². The van der Waals surface area contributed by atoms with E-state index < -0.39 is 12.1 Å². The molecule has 2 atom stereocenters. The molecule has 6 nitrogen and oxygen atoms in total. The van der Waals surface area contributed by atoms with Crippen LogP contribution in [0.1, 0.15) is 463 Å². The molecule has 0 aromatic rings. The molecule has 0 fully saturated rings. The number of amides is 1. The fourth-order valence-electron chi connectivity index (χ4n) is 13.1. The molecule has 0 bridgehead atoms. The zero-order valence-corrected chi connectivity index (χ0v) is 61.1. The van der Waals surface area contributed by atoms with Gasteiger partial charge in [-0.25, -0.2) is 0 Å². The van der Waals surface area contributed by atoms with E-state index in [4.69, 9.17) is 4.74 Å². The maximum absolute atomic E-state index is 12.5. The van der Waals surface area contributed by atoms with Crippen molar-refractivity contribution in [2.75, 3.05) is 13.2 Å². The highest BCUT2D eigenvalue weighted by Gasteiger charge is 2.18. The molecule has 0 spiro atoms. The number of aliphatic hydroxyl groups is 2. The molecule has 0 aliphatic carbocycles. The predicted molar refractivity (Wildman–Crippen MR) is 398 cm³/mol. The summed E-state index contributed by atoms with van der Waals surface area (Å²) in [4.78, 5) is 24.6. The van der Waals surface area contributed by atoms with Crippen molar-refractivity contribution in [1.82, 2.24) is 5.32 Å². The van der Waals surface area contributed by atoms with Gasteiger partial charge in [0.2, 0.25) is 5.91 Å². The van der Waals surface area contributed by atoms with Crippen LogP contribution in [0.25, 0.3) is 0 Å². The lowest BCUT2D eigenvalue weighted by Gasteiger charge is -2.20. The summed E-state index contributed by atoms with van der Waals surface area (Å²) < 4.78 is 5.51. The van der Waals surface area contributed by atoms with Crippen LogP contribution in [0.4, 0.5) is 0 Å². The Morgan fingerprint density at radius 2 is 0.556 bits per heavy atom. The van der Waals surface area contributed by atoms with Crippen LogP contribution in [-0.4, -0.2) is 47.4 Å². The molecular weight excluding hydrogens is 1100 g/mol. The van der Waals surface area contributed by atoms with Gasteiger partial charge < -0.3 is 20.3 Å². The first kappa shape index (κ1) is 88.1. The maximum Gasteiger partial charge on any atom is 0.305 e. The van der Waals surface area contributed by atoms with Gasteiger partial charge in [-0.3, -0.25) is 9.59 Å². The summed E-state index contributed by atoms with van der Waals surface area (Å²) in [5, 5.41) is 23.3. The van der Waals surface area contributed by atoms with E-state index in [0.717, 1.165) is 44.9 Å². The molecule has 2 unspecified atom stereocenters. The van der Waals surface area contributed by atoms with Gasteiger partial charge in [-0.1, -0.05) is 423 Å². The summed E-state index contributed by atoms with van der Waals surface area (Å²) >= 11 is 0. The Hall–Kier alpha value is -1.92. The van der Waals surface area contributed by atoms with Crippen molar-refractivity contribution in [1.29, 1.82) is 0 Å². The number of unbranched alkanes of at least 4 members (excludes halogenated alkanes) is 63. The third kappa shape index (κ3) is 75.1. The van der Waals surface area contributed by atoms with Gasteiger partial charge in [0.1, 0.15) is 0 Å². The molecule has 0 saturated heterocycles. The summed E-state index contributed by atoms with van der Waals surface area (Å²) in [6, 6.07) is -0.627. The van der Waals surface area contributed by atoms with Gasteiger partial charge in [0, 0.05) is 12.8 Å². The van der Waals surface area contributed by atoms with Gasteiger partial charge in [0.15, 0.2) is 0 Å². The number of carbonyl (C=O) groups is 2. The average Bonchev–Trinajstić information content (AvgIpc) is 3.57. The minimum atomic E-state index is -0.844. The molecule has 6 heteroatoms. The molecule has 0 saturated carbocycles. The fraction of sp³-hybridized carbons (Fsp3) is 0.905. The molecule has 90 heavy (non-hydrogen) atoms. The molecule has 0 aliphatic heterocycles. The number of hydrogen-bond acceptors (Lipinski definition) is 5. The summed E-state index contributed by atoms with van der Waals surface area (Å²) in [5.74, 6) is -0.0377. The van der Waals surface area contributed by atoms with Crippen LogP contribution < -0.4 is 5.32 Å². The zero-order chi connectivity index (χ0) is 64.9. The second kappa shape index (κ2) is 79.5. The van der Waals surface area contributed by atoms with Crippen LogP contribution >= 0.6 is 0 Å². The topological polar surface area (TPSA) is 95.9 Å². The highest BCUT2D eigenvalue weighted by molar-refractivity contribution is 5.76. The van der Waals surface area contributed by atoms with Crippen molar-refractivity contribution in [3.05, 3.63) is 36.5 Å². The smallest absolute Gasteiger partial charge is 0.305 e. The Kier molecular flexibility index (Phi) is 77.8. The van der Waals surface area contributed by atoms with Crippen molar-refractivity contribution in [2.24, 2.45) is 0 Å². The minimum absolute atomic E-state index is 0.0234. The highest BCUT2D eigenvalue weighted by Crippen LogP contribution is 2.20. The van der Waals surface area contributed by atoms with Crippen molar-refractivity contribution < 1.29 is 24.5 Å². The number of rotatable bonds is 78. The quantitative estimate of drug-likeness (QED) is 0.0320. The van der Waals surface area contributed by atoms with Crippen LogP contribution in [0.15, 0.2) is 36.5 Å². The second-order valence-corrected chi connectivity index (χ2v) is 28.5. The lowest BCUT2D eigenvalue weighted by molar-refractivity contribution is -0.143. The number of hydrogen-bond donors (Lipinski definition) is 3. The zero-order valence-electron chi connectivity index (χ0n) is 61.1. The monoisotopic (exact) mass is 1260 g/mol. The van der Waals surface area contributed by atoms with E-state index in [-0.39, 0.29) is 18.5 Å². The first-order chi connectivity index (χ1) is 44.5. The summed E-state index contributed by atoms with van der Waals surface area (Å²) in [7, 11) is 0. The fourth-order valence-corrected chi connectivity index (χ4v) is 13.1.